The first-order chi connectivity index (χ1) is 12.3. The van der Waals surface area contributed by atoms with Crippen LogP contribution in [0.2, 0.25) is 0 Å². The van der Waals surface area contributed by atoms with Crippen LogP contribution in [0.5, 0.6) is 0 Å². The fourth-order valence-corrected chi connectivity index (χ4v) is 2.88. The molecular weight excluding hydrogens is 320 g/mol. The number of carbonyl (C=O) groups is 1. The molecule has 25 heavy (non-hydrogen) atoms. The molecule has 0 saturated carbocycles. The van der Waals surface area contributed by atoms with E-state index in [-0.39, 0.29) is 5.91 Å². The van der Waals surface area contributed by atoms with Gasteiger partial charge in [-0.3, -0.25) is 9.69 Å². The number of aromatic nitrogens is 2. The lowest BCUT2D eigenvalue weighted by atomic mass is 10.2. The van der Waals surface area contributed by atoms with E-state index in [9.17, 15) is 4.79 Å². The number of piperazine rings is 1. The summed E-state index contributed by atoms with van der Waals surface area (Å²) in [4.78, 5) is 20.7. The molecule has 1 saturated heterocycles. The quantitative estimate of drug-likeness (QED) is 0.726. The smallest absolute Gasteiger partial charge is 0.289 e. The van der Waals surface area contributed by atoms with Gasteiger partial charge in [-0.05, 0) is 24.3 Å². The summed E-state index contributed by atoms with van der Waals surface area (Å²) in [7, 11) is 0. The summed E-state index contributed by atoms with van der Waals surface area (Å²) in [5.74, 6) is 1.52. The van der Waals surface area contributed by atoms with Gasteiger partial charge in [-0.25, -0.2) is 0 Å². The molecule has 0 bridgehead atoms. The van der Waals surface area contributed by atoms with E-state index in [1.165, 1.54) is 6.26 Å². The zero-order valence-corrected chi connectivity index (χ0v) is 13.7. The molecule has 0 unspecified atom stereocenters. The van der Waals surface area contributed by atoms with Crippen LogP contribution in [-0.2, 0) is 6.54 Å². The molecule has 1 aliphatic rings. The van der Waals surface area contributed by atoms with Crippen molar-refractivity contribution in [3.05, 3.63) is 60.3 Å². The third kappa shape index (κ3) is 3.46. The number of hydrogen-bond donors (Lipinski definition) is 0. The van der Waals surface area contributed by atoms with Gasteiger partial charge >= 0.3 is 0 Å². The van der Waals surface area contributed by atoms with E-state index in [1.54, 1.807) is 17.0 Å². The highest BCUT2D eigenvalue weighted by molar-refractivity contribution is 5.91. The van der Waals surface area contributed by atoms with Crippen LogP contribution in [0.4, 0.5) is 0 Å². The van der Waals surface area contributed by atoms with Gasteiger partial charge < -0.3 is 13.8 Å². The van der Waals surface area contributed by atoms with E-state index in [0.29, 0.717) is 37.1 Å². The fraction of sp³-hybridized carbons (Fsp3) is 0.278. The Morgan fingerprint density at radius 2 is 1.84 bits per heavy atom. The van der Waals surface area contributed by atoms with Gasteiger partial charge in [0.05, 0.1) is 12.8 Å². The third-order valence-electron chi connectivity index (χ3n) is 4.25. The second-order valence-electron chi connectivity index (χ2n) is 5.93. The Bertz CT molecular complexity index is 821. The molecule has 1 amide bonds. The Hall–Kier alpha value is -2.93. The zero-order valence-electron chi connectivity index (χ0n) is 13.7. The molecule has 1 aliphatic heterocycles. The van der Waals surface area contributed by atoms with Gasteiger partial charge in [0.15, 0.2) is 11.6 Å². The summed E-state index contributed by atoms with van der Waals surface area (Å²) in [6, 6.07) is 13.1. The maximum absolute atomic E-state index is 12.3. The lowest BCUT2D eigenvalue weighted by Gasteiger charge is -2.33. The Morgan fingerprint density at radius 3 is 2.56 bits per heavy atom. The average molecular weight is 338 g/mol. The summed E-state index contributed by atoms with van der Waals surface area (Å²) >= 11 is 0. The standard InChI is InChI=1S/C18H18N4O3/c23-18(15-7-4-12-24-15)22-10-8-21(9-11-22)13-16-19-17(25-20-16)14-5-2-1-3-6-14/h1-7,12H,8-11,13H2. The Morgan fingerprint density at radius 1 is 1.04 bits per heavy atom. The first-order valence-electron chi connectivity index (χ1n) is 8.23. The van der Waals surface area contributed by atoms with Crippen molar-refractivity contribution < 1.29 is 13.7 Å². The van der Waals surface area contributed by atoms with E-state index >= 15 is 0 Å². The monoisotopic (exact) mass is 338 g/mol. The van der Waals surface area contributed by atoms with E-state index in [1.807, 2.05) is 30.3 Å². The molecule has 7 heteroatoms. The van der Waals surface area contributed by atoms with Crippen LogP contribution in [-0.4, -0.2) is 52.0 Å². The van der Waals surface area contributed by atoms with Crippen molar-refractivity contribution in [1.82, 2.24) is 19.9 Å². The lowest BCUT2D eigenvalue weighted by molar-refractivity contribution is 0.0594. The van der Waals surface area contributed by atoms with Crippen molar-refractivity contribution in [3.8, 4) is 11.5 Å². The van der Waals surface area contributed by atoms with Crippen molar-refractivity contribution >= 4 is 5.91 Å². The molecule has 2 aromatic heterocycles. The van der Waals surface area contributed by atoms with Crippen LogP contribution in [0.15, 0.2) is 57.7 Å². The van der Waals surface area contributed by atoms with E-state index in [4.69, 9.17) is 8.94 Å². The van der Waals surface area contributed by atoms with Crippen LogP contribution >= 0.6 is 0 Å². The van der Waals surface area contributed by atoms with Gasteiger partial charge in [0.25, 0.3) is 11.8 Å². The minimum atomic E-state index is -0.0597. The Kier molecular flexibility index (Phi) is 4.30. The van der Waals surface area contributed by atoms with Crippen molar-refractivity contribution in [3.63, 3.8) is 0 Å². The molecule has 3 aromatic rings. The van der Waals surface area contributed by atoms with Crippen LogP contribution in [0.25, 0.3) is 11.5 Å². The molecule has 1 fully saturated rings. The molecular formula is C18H18N4O3. The van der Waals surface area contributed by atoms with Gasteiger partial charge in [0, 0.05) is 31.7 Å². The molecule has 128 valence electrons. The molecule has 1 aromatic carbocycles. The molecule has 7 nitrogen and oxygen atoms in total. The highest BCUT2D eigenvalue weighted by atomic mass is 16.5. The fourth-order valence-electron chi connectivity index (χ4n) is 2.88. The predicted octanol–water partition coefficient (Wildman–Crippen LogP) is 2.29. The molecule has 0 spiro atoms. The highest BCUT2D eigenvalue weighted by Crippen LogP contribution is 2.17. The van der Waals surface area contributed by atoms with Crippen LogP contribution in [0.3, 0.4) is 0 Å². The first-order valence-corrected chi connectivity index (χ1v) is 8.23. The number of hydrogen-bond acceptors (Lipinski definition) is 6. The van der Waals surface area contributed by atoms with Crippen molar-refractivity contribution in [2.24, 2.45) is 0 Å². The lowest BCUT2D eigenvalue weighted by Crippen LogP contribution is -2.48. The van der Waals surface area contributed by atoms with Gasteiger partial charge in [-0.15, -0.1) is 0 Å². The van der Waals surface area contributed by atoms with E-state index in [2.05, 4.69) is 15.0 Å². The van der Waals surface area contributed by atoms with Gasteiger partial charge in [0.1, 0.15) is 0 Å². The second-order valence-corrected chi connectivity index (χ2v) is 5.93. The predicted molar refractivity (Wildman–Crippen MR) is 89.6 cm³/mol. The van der Waals surface area contributed by atoms with Crippen molar-refractivity contribution in [2.75, 3.05) is 26.2 Å². The Balaban J connectivity index is 1.33. The number of amides is 1. The zero-order chi connectivity index (χ0) is 17.1. The molecule has 0 N–H and O–H groups in total. The highest BCUT2D eigenvalue weighted by Gasteiger charge is 2.24. The first kappa shape index (κ1) is 15.6. The molecule has 3 heterocycles. The van der Waals surface area contributed by atoms with Crippen molar-refractivity contribution in [1.29, 1.82) is 0 Å². The molecule has 4 rings (SSSR count). The third-order valence-corrected chi connectivity index (χ3v) is 4.25. The van der Waals surface area contributed by atoms with E-state index in [0.717, 1.165) is 18.7 Å². The van der Waals surface area contributed by atoms with Crippen LogP contribution in [0, 0.1) is 0 Å². The maximum atomic E-state index is 12.3. The largest absolute Gasteiger partial charge is 0.459 e. The maximum Gasteiger partial charge on any atom is 0.289 e. The van der Waals surface area contributed by atoms with E-state index < -0.39 is 0 Å². The average Bonchev–Trinajstić information content (AvgIpc) is 3.35. The normalized spacial score (nSPS) is 15.4. The van der Waals surface area contributed by atoms with Crippen LogP contribution in [0.1, 0.15) is 16.4 Å². The molecule has 0 aliphatic carbocycles. The van der Waals surface area contributed by atoms with Gasteiger partial charge in [0.2, 0.25) is 0 Å². The topological polar surface area (TPSA) is 75.6 Å². The Labute approximate surface area is 144 Å². The SMILES string of the molecule is O=C(c1ccco1)N1CCN(Cc2noc(-c3ccccc3)n2)CC1. The summed E-state index contributed by atoms with van der Waals surface area (Å²) in [5, 5.41) is 4.06. The van der Waals surface area contributed by atoms with Gasteiger partial charge in [-0.2, -0.15) is 4.98 Å². The summed E-state index contributed by atoms with van der Waals surface area (Å²) in [6.07, 6.45) is 1.52. The molecule has 0 radical (unpaired) electrons. The number of furan rings is 1. The second kappa shape index (κ2) is 6.90. The summed E-state index contributed by atoms with van der Waals surface area (Å²) in [5.41, 5.74) is 0.912. The molecule has 0 atom stereocenters. The number of rotatable bonds is 4. The van der Waals surface area contributed by atoms with Crippen molar-refractivity contribution in [2.45, 2.75) is 6.54 Å². The summed E-state index contributed by atoms with van der Waals surface area (Å²) in [6.45, 7) is 3.45. The van der Waals surface area contributed by atoms with Gasteiger partial charge in [-0.1, -0.05) is 23.4 Å². The van der Waals surface area contributed by atoms with Crippen LogP contribution < -0.4 is 0 Å². The minimum Gasteiger partial charge on any atom is -0.459 e. The number of nitrogens with zero attached hydrogens (tertiary/aromatic N) is 4. The number of benzene rings is 1. The number of carbonyl (C=O) groups excluding carboxylic acids is 1. The summed E-state index contributed by atoms with van der Waals surface area (Å²) < 4.78 is 10.5. The minimum absolute atomic E-state index is 0.0597.